The fraction of sp³-hybridized carbons (Fsp3) is 0.333. The van der Waals surface area contributed by atoms with Crippen LogP contribution in [0.2, 0.25) is 0 Å². The van der Waals surface area contributed by atoms with Gasteiger partial charge in [-0.05, 0) is 44.0 Å². The van der Waals surface area contributed by atoms with Crippen molar-refractivity contribution in [2.75, 3.05) is 5.32 Å². The van der Waals surface area contributed by atoms with Gasteiger partial charge in [0.15, 0.2) is 0 Å². The van der Waals surface area contributed by atoms with Crippen molar-refractivity contribution in [1.82, 2.24) is 0 Å². The molecule has 0 aliphatic rings. The van der Waals surface area contributed by atoms with Crippen LogP contribution in [0.25, 0.3) is 0 Å². The average Bonchev–Trinajstić information content (AvgIpc) is 2.88. The molecule has 20 heavy (non-hydrogen) atoms. The largest absolute Gasteiger partial charge is 0.469 e. The summed E-state index contributed by atoms with van der Waals surface area (Å²) in [6.45, 7) is 3.91. The predicted molar refractivity (Wildman–Crippen MR) is 77.9 cm³/mol. The zero-order valence-corrected chi connectivity index (χ0v) is 11.6. The Labute approximate surface area is 117 Å². The van der Waals surface area contributed by atoms with Crippen molar-refractivity contribution in [2.24, 2.45) is 0 Å². The van der Waals surface area contributed by atoms with Gasteiger partial charge in [-0.2, -0.15) is 0 Å². The number of aryl methyl sites for hydroxylation is 2. The van der Waals surface area contributed by atoms with E-state index in [-0.39, 0.29) is 16.7 Å². The van der Waals surface area contributed by atoms with Gasteiger partial charge in [-0.1, -0.05) is 0 Å². The van der Waals surface area contributed by atoms with Crippen LogP contribution < -0.4 is 5.32 Å². The van der Waals surface area contributed by atoms with Crippen LogP contribution in [-0.4, -0.2) is 11.0 Å². The van der Waals surface area contributed by atoms with Crippen molar-refractivity contribution in [2.45, 2.75) is 32.7 Å². The third kappa shape index (κ3) is 3.85. The zero-order chi connectivity index (χ0) is 14.5. The van der Waals surface area contributed by atoms with Gasteiger partial charge < -0.3 is 9.73 Å². The van der Waals surface area contributed by atoms with E-state index in [0.717, 1.165) is 29.9 Å². The molecule has 2 rings (SSSR count). The van der Waals surface area contributed by atoms with Gasteiger partial charge in [-0.15, -0.1) is 0 Å². The second kappa shape index (κ2) is 6.23. The molecule has 0 bridgehead atoms. The molecule has 0 radical (unpaired) electrons. The highest BCUT2D eigenvalue weighted by Gasteiger charge is 2.10. The van der Waals surface area contributed by atoms with Crippen LogP contribution in [-0.2, 0) is 6.42 Å². The van der Waals surface area contributed by atoms with Crippen LogP contribution in [0.5, 0.6) is 0 Å². The number of non-ortho nitro benzene ring substituents is 1. The fourth-order valence-corrected chi connectivity index (χ4v) is 2.12. The Bertz CT molecular complexity index is 579. The molecule has 2 aromatic rings. The Balaban J connectivity index is 1.96. The molecule has 1 heterocycles. The summed E-state index contributed by atoms with van der Waals surface area (Å²) in [5.41, 5.74) is 1.77. The Hall–Kier alpha value is -2.30. The maximum absolute atomic E-state index is 10.8. The topological polar surface area (TPSA) is 68.3 Å². The van der Waals surface area contributed by atoms with Gasteiger partial charge in [0.1, 0.15) is 5.76 Å². The van der Waals surface area contributed by atoms with Crippen LogP contribution in [0.15, 0.2) is 41.0 Å². The van der Waals surface area contributed by atoms with Gasteiger partial charge in [0, 0.05) is 30.3 Å². The molecule has 1 aromatic heterocycles. The van der Waals surface area contributed by atoms with E-state index in [1.807, 2.05) is 25.1 Å². The molecule has 1 atom stereocenters. The summed E-state index contributed by atoms with van der Waals surface area (Å²) in [6.07, 6.45) is 3.40. The Morgan fingerprint density at radius 1 is 1.40 bits per heavy atom. The summed E-state index contributed by atoms with van der Waals surface area (Å²) in [5, 5.41) is 14.1. The van der Waals surface area contributed by atoms with E-state index in [9.17, 15) is 10.1 Å². The van der Waals surface area contributed by atoms with Crippen LogP contribution in [0.4, 0.5) is 11.4 Å². The molecule has 0 saturated heterocycles. The van der Waals surface area contributed by atoms with Crippen molar-refractivity contribution >= 4 is 11.4 Å². The molecule has 106 valence electrons. The number of anilines is 1. The highest BCUT2D eigenvalue weighted by Crippen LogP contribution is 2.21. The lowest BCUT2D eigenvalue weighted by molar-refractivity contribution is -0.384. The number of nitro groups is 1. The standard InChI is InChI=1S/C15H18N2O3/c1-11-8-13(10-14(9-11)17(18)19)16-12(2)5-6-15-4-3-7-20-15/h3-4,7-10,12,16H,5-6H2,1-2H3. The van der Waals surface area contributed by atoms with Gasteiger partial charge in [0.05, 0.1) is 11.2 Å². The van der Waals surface area contributed by atoms with Crippen molar-refractivity contribution in [1.29, 1.82) is 0 Å². The smallest absolute Gasteiger partial charge is 0.271 e. The summed E-state index contributed by atoms with van der Waals surface area (Å²) in [4.78, 5) is 10.5. The van der Waals surface area contributed by atoms with E-state index < -0.39 is 0 Å². The molecule has 1 N–H and O–H groups in total. The molecule has 5 heteroatoms. The van der Waals surface area contributed by atoms with Crippen molar-refractivity contribution in [3.63, 3.8) is 0 Å². The maximum Gasteiger partial charge on any atom is 0.271 e. The van der Waals surface area contributed by atoms with Crippen LogP contribution in [0.3, 0.4) is 0 Å². The number of hydrogen-bond acceptors (Lipinski definition) is 4. The Morgan fingerprint density at radius 2 is 2.20 bits per heavy atom. The molecular weight excluding hydrogens is 256 g/mol. The minimum absolute atomic E-state index is 0.116. The summed E-state index contributed by atoms with van der Waals surface area (Å²) < 4.78 is 5.29. The maximum atomic E-state index is 10.8. The second-order valence-corrected chi connectivity index (χ2v) is 4.98. The molecule has 1 unspecified atom stereocenters. The molecular formula is C15H18N2O3. The first-order valence-electron chi connectivity index (χ1n) is 6.59. The quantitative estimate of drug-likeness (QED) is 0.640. The lowest BCUT2D eigenvalue weighted by Gasteiger charge is -2.15. The first kappa shape index (κ1) is 14.1. The highest BCUT2D eigenvalue weighted by atomic mass is 16.6. The van der Waals surface area contributed by atoms with Crippen LogP contribution in [0.1, 0.15) is 24.7 Å². The van der Waals surface area contributed by atoms with E-state index in [2.05, 4.69) is 12.2 Å². The minimum atomic E-state index is -0.369. The lowest BCUT2D eigenvalue weighted by Crippen LogP contribution is -2.16. The normalized spacial score (nSPS) is 12.1. The number of nitrogens with zero attached hydrogens (tertiary/aromatic N) is 1. The molecule has 1 aromatic carbocycles. The summed E-state index contributed by atoms with van der Waals surface area (Å²) in [7, 11) is 0. The monoisotopic (exact) mass is 274 g/mol. The van der Waals surface area contributed by atoms with E-state index >= 15 is 0 Å². The Kier molecular flexibility index (Phi) is 4.40. The number of furan rings is 1. The molecule has 0 saturated carbocycles. The van der Waals surface area contributed by atoms with E-state index in [1.54, 1.807) is 18.4 Å². The summed E-state index contributed by atoms with van der Waals surface area (Å²) in [6, 6.07) is 9.08. The molecule has 0 spiro atoms. The highest BCUT2D eigenvalue weighted by molar-refractivity contribution is 5.54. The van der Waals surface area contributed by atoms with Gasteiger partial charge in [-0.25, -0.2) is 0 Å². The third-order valence-electron chi connectivity index (χ3n) is 3.09. The SMILES string of the molecule is Cc1cc(NC(C)CCc2ccco2)cc([N+](=O)[O-])c1. The summed E-state index contributed by atoms with van der Waals surface area (Å²) in [5.74, 6) is 0.953. The van der Waals surface area contributed by atoms with Gasteiger partial charge in [0.25, 0.3) is 5.69 Å². The zero-order valence-electron chi connectivity index (χ0n) is 11.6. The van der Waals surface area contributed by atoms with Gasteiger partial charge in [-0.3, -0.25) is 10.1 Å². The fourth-order valence-electron chi connectivity index (χ4n) is 2.12. The second-order valence-electron chi connectivity index (χ2n) is 4.98. The van der Waals surface area contributed by atoms with Crippen molar-refractivity contribution < 1.29 is 9.34 Å². The van der Waals surface area contributed by atoms with Crippen molar-refractivity contribution in [3.8, 4) is 0 Å². The molecule has 0 fully saturated rings. The number of nitro benzene ring substituents is 1. The first-order valence-corrected chi connectivity index (χ1v) is 6.59. The lowest BCUT2D eigenvalue weighted by atomic mass is 10.1. The first-order chi connectivity index (χ1) is 9.54. The van der Waals surface area contributed by atoms with Crippen molar-refractivity contribution in [3.05, 3.63) is 58.0 Å². The number of benzene rings is 1. The van der Waals surface area contributed by atoms with E-state index in [4.69, 9.17) is 4.42 Å². The van der Waals surface area contributed by atoms with Gasteiger partial charge in [0.2, 0.25) is 0 Å². The average molecular weight is 274 g/mol. The van der Waals surface area contributed by atoms with Gasteiger partial charge >= 0.3 is 0 Å². The number of hydrogen-bond donors (Lipinski definition) is 1. The van der Waals surface area contributed by atoms with E-state index in [0.29, 0.717) is 0 Å². The molecule has 0 aliphatic heterocycles. The Morgan fingerprint density at radius 3 is 2.85 bits per heavy atom. The number of rotatable bonds is 6. The third-order valence-corrected chi connectivity index (χ3v) is 3.09. The molecule has 0 aliphatic carbocycles. The number of nitrogens with one attached hydrogen (secondary N) is 1. The van der Waals surface area contributed by atoms with Crippen LogP contribution in [0, 0.1) is 17.0 Å². The van der Waals surface area contributed by atoms with Crippen LogP contribution >= 0.6 is 0 Å². The minimum Gasteiger partial charge on any atom is -0.469 e. The predicted octanol–water partition coefficient (Wildman–Crippen LogP) is 3.93. The summed E-state index contributed by atoms with van der Waals surface area (Å²) >= 11 is 0. The molecule has 0 amide bonds. The molecule has 5 nitrogen and oxygen atoms in total. The van der Waals surface area contributed by atoms with E-state index in [1.165, 1.54) is 0 Å².